The van der Waals surface area contributed by atoms with E-state index in [1.54, 1.807) is 11.3 Å². The number of carbonyl (C=O) groups is 1. The van der Waals surface area contributed by atoms with E-state index in [-0.39, 0.29) is 11.7 Å². The first-order valence-electron chi connectivity index (χ1n) is 10.3. The molecule has 1 amide bonds. The largest absolute Gasteiger partial charge is 0.494 e. The highest BCUT2D eigenvalue weighted by Gasteiger charge is 2.22. The third-order valence-corrected chi connectivity index (χ3v) is 7.29. The first kappa shape index (κ1) is 22.9. The van der Waals surface area contributed by atoms with Gasteiger partial charge < -0.3 is 15.5 Å². The molecule has 0 atom stereocenters. The van der Waals surface area contributed by atoms with Crippen molar-refractivity contribution in [3.05, 3.63) is 45.6 Å². The maximum Gasteiger partial charge on any atom is 0.233 e. The van der Waals surface area contributed by atoms with E-state index in [1.165, 1.54) is 21.3 Å². The van der Waals surface area contributed by atoms with Crippen molar-refractivity contribution in [1.29, 1.82) is 0 Å². The summed E-state index contributed by atoms with van der Waals surface area (Å²) in [6.45, 7) is 6.55. The average molecular weight is 493 g/mol. The van der Waals surface area contributed by atoms with Gasteiger partial charge in [-0.05, 0) is 43.3 Å². The summed E-state index contributed by atoms with van der Waals surface area (Å²) in [6, 6.07) is 11.5. The van der Waals surface area contributed by atoms with Crippen LogP contribution in [0, 0.1) is 0 Å². The lowest BCUT2D eigenvalue weighted by Crippen LogP contribution is -2.48. The molecule has 3 aromatic rings. The standard InChI is InChI=1S/C21H25ClN6O2S2/c1-2-30-16-5-3-15(4-6-16)20-24-25-21(28(20)23)31-14-19(29)27-11-9-26(10-12-27)13-17-7-8-18(22)32-17/h3-8H,2,9-14,23H2,1H3. The maximum absolute atomic E-state index is 12.7. The maximum atomic E-state index is 12.7. The Hall–Kier alpha value is -2.27. The Morgan fingerprint density at radius 1 is 1.16 bits per heavy atom. The molecule has 0 radical (unpaired) electrons. The molecule has 1 saturated heterocycles. The van der Waals surface area contributed by atoms with Gasteiger partial charge in [0.25, 0.3) is 0 Å². The molecule has 0 bridgehead atoms. The molecule has 170 valence electrons. The number of nitrogens with zero attached hydrogens (tertiary/aromatic N) is 5. The minimum absolute atomic E-state index is 0.0828. The zero-order valence-electron chi connectivity index (χ0n) is 17.7. The molecule has 3 heterocycles. The van der Waals surface area contributed by atoms with Gasteiger partial charge in [0, 0.05) is 43.2 Å². The predicted octanol–water partition coefficient (Wildman–Crippen LogP) is 3.21. The van der Waals surface area contributed by atoms with Crippen molar-refractivity contribution in [1.82, 2.24) is 24.7 Å². The third-order valence-electron chi connectivity index (χ3n) is 5.15. The molecule has 11 heteroatoms. The number of nitrogens with two attached hydrogens (primary N) is 1. The van der Waals surface area contributed by atoms with Crippen molar-refractivity contribution < 1.29 is 9.53 Å². The summed E-state index contributed by atoms with van der Waals surface area (Å²) in [5.74, 6) is 7.89. The van der Waals surface area contributed by atoms with Crippen LogP contribution in [0.15, 0.2) is 41.6 Å². The second-order valence-electron chi connectivity index (χ2n) is 7.29. The SMILES string of the molecule is CCOc1ccc(-c2nnc(SCC(=O)N3CCN(Cc4ccc(Cl)s4)CC3)n2N)cc1. The van der Waals surface area contributed by atoms with Gasteiger partial charge in [-0.25, -0.2) is 4.68 Å². The lowest BCUT2D eigenvalue weighted by molar-refractivity contribution is -0.130. The number of thiophene rings is 1. The van der Waals surface area contributed by atoms with Crippen molar-refractivity contribution in [3.8, 4) is 17.1 Å². The highest BCUT2D eigenvalue weighted by Crippen LogP contribution is 2.25. The van der Waals surface area contributed by atoms with Crippen molar-refractivity contribution >= 4 is 40.6 Å². The Morgan fingerprint density at radius 2 is 1.91 bits per heavy atom. The van der Waals surface area contributed by atoms with E-state index in [1.807, 2.05) is 42.2 Å². The number of halogens is 1. The van der Waals surface area contributed by atoms with E-state index in [2.05, 4.69) is 21.2 Å². The van der Waals surface area contributed by atoms with Crippen LogP contribution in [0.5, 0.6) is 5.75 Å². The molecule has 2 aromatic heterocycles. The van der Waals surface area contributed by atoms with Crippen molar-refractivity contribution in [2.75, 3.05) is 44.4 Å². The van der Waals surface area contributed by atoms with Crippen LogP contribution in [0.25, 0.3) is 11.4 Å². The van der Waals surface area contributed by atoms with Gasteiger partial charge in [-0.1, -0.05) is 23.4 Å². The van der Waals surface area contributed by atoms with Gasteiger partial charge in [-0.3, -0.25) is 9.69 Å². The first-order chi connectivity index (χ1) is 15.5. The van der Waals surface area contributed by atoms with Crippen LogP contribution in [-0.2, 0) is 11.3 Å². The summed E-state index contributed by atoms with van der Waals surface area (Å²) >= 11 is 8.92. The van der Waals surface area contributed by atoms with Crippen LogP contribution in [-0.4, -0.2) is 69.1 Å². The quantitative estimate of drug-likeness (QED) is 0.381. The van der Waals surface area contributed by atoms with E-state index < -0.39 is 0 Å². The Kier molecular flexibility index (Phi) is 7.56. The van der Waals surface area contributed by atoms with Crippen LogP contribution in [0.2, 0.25) is 4.34 Å². The van der Waals surface area contributed by atoms with Gasteiger partial charge in [0.05, 0.1) is 16.7 Å². The summed E-state index contributed by atoms with van der Waals surface area (Å²) in [5.41, 5.74) is 0.838. The molecule has 0 aliphatic carbocycles. The lowest BCUT2D eigenvalue weighted by Gasteiger charge is -2.34. The van der Waals surface area contributed by atoms with E-state index in [4.69, 9.17) is 22.2 Å². The third kappa shape index (κ3) is 5.55. The van der Waals surface area contributed by atoms with Gasteiger partial charge in [0.15, 0.2) is 5.82 Å². The number of piperazine rings is 1. The van der Waals surface area contributed by atoms with Gasteiger partial charge in [0.2, 0.25) is 11.1 Å². The molecule has 1 fully saturated rings. The molecular formula is C21H25ClN6O2S2. The molecule has 4 rings (SSSR count). The second kappa shape index (κ2) is 10.6. The van der Waals surface area contributed by atoms with Crippen LogP contribution >= 0.6 is 34.7 Å². The predicted molar refractivity (Wildman–Crippen MR) is 129 cm³/mol. The Labute approximate surface area is 200 Å². The smallest absolute Gasteiger partial charge is 0.233 e. The second-order valence-corrected chi connectivity index (χ2v) is 10.0. The minimum atomic E-state index is 0.0828. The number of aromatic nitrogens is 3. The summed E-state index contributed by atoms with van der Waals surface area (Å²) in [5, 5.41) is 8.86. The van der Waals surface area contributed by atoms with E-state index in [0.717, 1.165) is 35.3 Å². The normalized spacial score (nSPS) is 14.6. The number of hydrogen-bond acceptors (Lipinski definition) is 8. The summed E-state index contributed by atoms with van der Waals surface area (Å²) < 4.78 is 7.70. The summed E-state index contributed by atoms with van der Waals surface area (Å²) in [4.78, 5) is 18.2. The van der Waals surface area contributed by atoms with Crippen LogP contribution < -0.4 is 10.6 Å². The molecule has 2 N–H and O–H groups in total. The number of amides is 1. The lowest BCUT2D eigenvalue weighted by atomic mass is 10.2. The molecule has 8 nitrogen and oxygen atoms in total. The first-order valence-corrected chi connectivity index (χ1v) is 12.5. The van der Waals surface area contributed by atoms with E-state index in [0.29, 0.717) is 30.7 Å². The molecule has 1 aliphatic rings. The monoisotopic (exact) mass is 492 g/mol. The molecule has 1 aromatic carbocycles. The minimum Gasteiger partial charge on any atom is -0.494 e. The highest BCUT2D eigenvalue weighted by atomic mass is 35.5. The molecule has 0 saturated carbocycles. The number of ether oxygens (including phenoxy) is 1. The molecule has 1 aliphatic heterocycles. The van der Waals surface area contributed by atoms with E-state index in [9.17, 15) is 4.79 Å². The topological polar surface area (TPSA) is 89.5 Å². The van der Waals surface area contributed by atoms with Crippen LogP contribution in [0.1, 0.15) is 11.8 Å². The zero-order valence-corrected chi connectivity index (χ0v) is 20.1. The fourth-order valence-corrected chi connectivity index (χ4v) is 5.36. The van der Waals surface area contributed by atoms with Crippen LogP contribution in [0.3, 0.4) is 0 Å². The van der Waals surface area contributed by atoms with Crippen molar-refractivity contribution in [3.63, 3.8) is 0 Å². The Balaban J connectivity index is 1.27. The van der Waals surface area contributed by atoms with Gasteiger partial charge in [0.1, 0.15) is 5.75 Å². The number of hydrogen-bond donors (Lipinski definition) is 1. The number of nitrogen functional groups attached to an aromatic ring is 1. The molecule has 0 spiro atoms. The number of benzene rings is 1. The summed E-state index contributed by atoms with van der Waals surface area (Å²) in [7, 11) is 0. The average Bonchev–Trinajstić information content (AvgIpc) is 3.38. The number of carbonyl (C=O) groups excluding carboxylic acids is 1. The fraction of sp³-hybridized carbons (Fsp3) is 0.381. The molecule has 0 unspecified atom stereocenters. The Morgan fingerprint density at radius 3 is 2.56 bits per heavy atom. The number of thioether (sulfide) groups is 1. The molecule has 32 heavy (non-hydrogen) atoms. The van der Waals surface area contributed by atoms with Crippen molar-refractivity contribution in [2.24, 2.45) is 0 Å². The van der Waals surface area contributed by atoms with Gasteiger partial charge in [-0.2, -0.15) is 0 Å². The number of rotatable bonds is 8. The zero-order chi connectivity index (χ0) is 22.5. The highest BCUT2D eigenvalue weighted by molar-refractivity contribution is 7.99. The van der Waals surface area contributed by atoms with Gasteiger partial charge >= 0.3 is 0 Å². The summed E-state index contributed by atoms with van der Waals surface area (Å²) in [6.07, 6.45) is 0. The van der Waals surface area contributed by atoms with Gasteiger partial charge in [-0.15, -0.1) is 21.5 Å². The fourth-order valence-electron chi connectivity index (χ4n) is 3.47. The van der Waals surface area contributed by atoms with Crippen LogP contribution in [0.4, 0.5) is 0 Å². The molecular weight excluding hydrogens is 468 g/mol. The van der Waals surface area contributed by atoms with E-state index >= 15 is 0 Å². The Bertz CT molecular complexity index is 1050. The van der Waals surface area contributed by atoms with Crippen molar-refractivity contribution in [2.45, 2.75) is 18.6 Å².